The first-order valence-electron chi connectivity index (χ1n) is 10.3. The smallest absolute Gasteiger partial charge is 0.434 e. The zero-order valence-electron chi connectivity index (χ0n) is 16.5. The summed E-state index contributed by atoms with van der Waals surface area (Å²) in [5.41, 5.74) is 2.47. The fourth-order valence-corrected chi connectivity index (χ4v) is 3.14. The molecule has 0 N–H and O–H groups in total. The molecule has 0 unspecified atom stereocenters. The summed E-state index contributed by atoms with van der Waals surface area (Å²) < 4.78 is 10.5. The molecule has 2 aromatic carbocycles. The molecule has 0 spiro atoms. The minimum atomic E-state index is -0.596. The Labute approximate surface area is 163 Å². The molecule has 2 rings (SSSR count). The van der Waals surface area contributed by atoms with E-state index in [1.54, 1.807) is 0 Å². The maximum atomic E-state index is 11.8. The SMILES string of the molecule is CCCc1ccccc1OC(=O)OCCCCCCCCc1ccccc1. The third-order valence-electron chi connectivity index (χ3n) is 4.61. The minimum absolute atomic E-state index is 0.429. The van der Waals surface area contributed by atoms with Crippen molar-refractivity contribution in [3.8, 4) is 5.75 Å². The van der Waals surface area contributed by atoms with E-state index in [1.165, 1.54) is 31.2 Å². The van der Waals surface area contributed by atoms with Crippen LogP contribution in [0.1, 0.15) is 63.0 Å². The Morgan fingerprint density at radius 1 is 0.778 bits per heavy atom. The maximum absolute atomic E-state index is 11.8. The van der Waals surface area contributed by atoms with Gasteiger partial charge in [-0.2, -0.15) is 0 Å². The first-order valence-corrected chi connectivity index (χ1v) is 10.3. The summed E-state index contributed by atoms with van der Waals surface area (Å²) in [6.45, 7) is 2.54. The molecule has 0 saturated carbocycles. The van der Waals surface area contributed by atoms with Crippen molar-refractivity contribution >= 4 is 6.16 Å². The second-order valence-electron chi connectivity index (χ2n) is 6.92. The molecule has 0 amide bonds. The lowest BCUT2D eigenvalue weighted by Gasteiger charge is -2.09. The van der Waals surface area contributed by atoms with Crippen molar-refractivity contribution in [3.05, 3.63) is 65.7 Å². The maximum Gasteiger partial charge on any atom is 0.513 e. The van der Waals surface area contributed by atoms with Gasteiger partial charge in [0.25, 0.3) is 0 Å². The standard InChI is InChI=1S/C24H32O3/c1-2-14-22-18-11-12-19-23(22)27-24(25)26-20-13-6-4-3-5-8-15-21-16-9-7-10-17-21/h7,9-12,16-19H,2-6,8,13-15,20H2,1H3. The monoisotopic (exact) mass is 368 g/mol. The first kappa shape index (κ1) is 21.0. The molecule has 0 bridgehead atoms. The zero-order valence-corrected chi connectivity index (χ0v) is 16.5. The van der Waals surface area contributed by atoms with Gasteiger partial charge >= 0.3 is 6.16 Å². The highest BCUT2D eigenvalue weighted by molar-refractivity contribution is 5.64. The molecule has 3 heteroatoms. The molecule has 0 aromatic heterocycles. The Bertz CT molecular complexity index is 652. The topological polar surface area (TPSA) is 35.5 Å². The van der Waals surface area contributed by atoms with Gasteiger partial charge < -0.3 is 9.47 Å². The number of ether oxygens (including phenoxy) is 2. The van der Waals surface area contributed by atoms with E-state index in [0.29, 0.717) is 12.4 Å². The van der Waals surface area contributed by atoms with Crippen LogP contribution in [0.3, 0.4) is 0 Å². The molecule has 0 heterocycles. The summed E-state index contributed by atoms with van der Waals surface area (Å²) in [4.78, 5) is 11.8. The van der Waals surface area contributed by atoms with Gasteiger partial charge in [0.1, 0.15) is 5.75 Å². The van der Waals surface area contributed by atoms with Crippen LogP contribution >= 0.6 is 0 Å². The third-order valence-corrected chi connectivity index (χ3v) is 4.61. The van der Waals surface area contributed by atoms with E-state index in [-0.39, 0.29) is 0 Å². The summed E-state index contributed by atoms with van der Waals surface area (Å²) in [6.07, 6.45) is 9.38. The molecule has 0 fully saturated rings. The molecular weight excluding hydrogens is 336 g/mol. The number of hydrogen-bond donors (Lipinski definition) is 0. The van der Waals surface area contributed by atoms with E-state index in [4.69, 9.17) is 9.47 Å². The van der Waals surface area contributed by atoms with Crippen molar-refractivity contribution in [2.24, 2.45) is 0 Å². The Morgan fingerprint density at radius 2 is 1.44 bits per heavy atom. The lowest BCUT2D eigenvalue weighted by atomic mass is 10.1. The summed E-state index contributed by atoms with van der Waals surface area (Å²) in [5.74, 6) is 0.614. The molecular formula is C24H32O3. The number of carbonyl (C=O) groups excluding carboxylic acids is 1. The Balaban J connectivity index is 1.48. The van der Waals surface area contributed by atoms with Crippen LogP contribution in [0.2, 0.25) is 0 Å². The number of rotatable bonds is 12. The number of benzene rings is 2. The average Bonchev–Trinajstić information content (AvgIpc) is 2.69. The van der Waals surface area contributed by atoms with Crippen molar-refractivity contribution in [2.75, 3.05) is 6.61 Å². The molecule has 0 radical (unpaired) electrons. The van der Waals surface area contributed by atoms with Gasteiger partial charge in [0.15, 0.2) is 0 Å². The summed E-state index contributed by atoms with van der Waals surface area (Å²) in [5, 5.41) is 0. The average molecular weight is 369 g/mol. The molecule has 0 aliphatic heterocycles. The first-order chi connectivity index (χ1) is 13.3. The van der Waals surface area contributed by atoms with Crippen molar-refractivity contribution in [1.82, 2.24) is 0 Å². The summed E-state index contributed by atoms with van der Waals surface area (Å²) in [6, 6.07) is 18.3. The highest BCUT2D eigenvalue weighted by Gasteiger charge is 2.09. The molecule has 146 valence electrons. The van der Waals surface area contributed by atoms with E-state index in [1.807, 2.05) is 24.3 Å². The third kappa shape index (κ3) is 8.76. The highest BCUT2D eigenvalue weighted by Crippen LogP contribution is 2.20. The second kappa shape index (κ2) is 13.0. The number of para-hydroxylation sites is 1. The van der Waals surface area contributed by atoms with E-state index in [9.17, 15) is 4.79 Å². The lowest BCUT2D eigenvalue weighted by Crippen LogP contribution is -2.12. The van der Waals surface area contributed by atoms with E-state index >= 15 is 0 Å². The summed E-state index contributed by atoms with van der Waals surface area (Å²) in [7, 11) is 0. The molecule has 0 saturated heterocycles. The van der Waals surface area contributed by atoms with E-state index < -0.39 is 6.16 Å². The highest BCUT2D eigenvalue weighted by atomic mass is 16.7. The van der Waals surface area contributed by atoms with Crippen LogP contribution in [-0.2, 0) is 17.6 Å². The number of carbonyl (C=O) groups is 1. The molecule has 0 aliphatic carbocycles. The van der Waals surface area contributed by atoms with Crippen LogP contribution in [-0.4, -0.2) is 12.8 Å². The Morgan fingerprint density at radius 3 is 2.22 bits per heavy atom. The van der Waals surface area contributed by atoms with Gasteiger partial charge in [-0.15, -0.1) is 0 Å². The molecule has 0 atom stereocenters. The predicted octanol–water partition coefficient (Wildman–Crippen LogP) is 6.74. The summed E-state index contributed by atoms with van der Waals surface area (Å²) >= 11 is 0. The van der Waals surface area contributed by atoms with Crippen LogP contribution in [0.15, 0.2) is 54.6 Å². The van der Waals surface area contributed by atoms with Crippen molar-refractivity contribution in [2.45, 2.75) is 64.7 Å². The van der Waals surface area contributed by atoms with Gasteiger partial charge in [-0.05, 0) is 42.9 Å². The Kier molecular flexibility index (Phi) is 10.1. The molecule has 3 nitrogen and oxygen atoms in total. The van der Waals surface area contributed by atoms with Gasteiger partial charge in [0.05, 0.1) is 6.61 Å². The fraction of sp³-hybridized carbons (Fsp3) is 0.458. The number of unbranched alkanes of at least 4 members (excludes halogenated alkanes) is 5. The van der Waals surface area contributed by atoms with Gasteiger partial charge in [-0.1, -0.05) is 87.6 Å². The van der Waals surface area contributed by atoms with Crippen molar-refractivity contribution in [1.29, 1.82) is 0 Å². The van der Waals surface area contributed by atoms with Gasteiger partial charge in [-0.25, -0.2) is 4.79 Å². The van der Waals surface area contributed by atoms with E-state index in [0.717, 1.165) is 37.7 Å². The van der Waals surface area contributed by atoms with Gasteiger partial charge in [-0.3, -0.25) is 0 Å². The zero-order chi connectivity index (χ0) is 19.2. The van der Waals surface area contributed by atoms with Gasteiger partial charge in [0.2, 0.25) is 0 Å². The van der Waals surface area contributed by atoms with Crippen LogP contribution in [0.4, 0.5) is 4.79 Å². The van der Waals surface area contributed by atoms with Crippen LogP contribution in [0.5, 0.6) is 5.75 Å². The fourth-order valence-electron chi connectivity index (χ4n) is 3.14. The molecule has 0 aliphatic rings. The predicted molar refractivity (Wildman–Crippen MR) is 110 cm³/mol. The largest absolute Gasteiger partial charge is 0.513 e. The lowest BCUT2D eigenvalue weighted by molar-refractivity contribution is 0.0969. The van der Waals surface area contributed by atoms with E-state index in [2.05, 4.69) is 37.3 Å². The quantitative estimate of drug-likeness (QED) is 0.236. The van der Waals surface area contributed by atoms with Crippen LogP contribution in [0, 0.1) is 0 Å². The Hall–Kier alpha value is -2.29. The number of aryl methyl sites for hydroxylation is 2. The molecule has 27 heavy (non-hydrogen) atoms. The molecule has 2 aromatic rings. The van der Waals surface area contributed by atoms with Crippen LogP contribution < -0.4 is 4.74 Å². The van der Waals surface area contributed by atoms with Crippen molar-refractivity contribution < 1.29 is 14.3 Å². The van der Waals surface area contributed by atoms with Gasteiger partial charge in [0, 0.05) is 0 Å². The number of hydrogen-bond acceptors (Lipinski definition) is 3. The second-order valence-corrected chi connectivity index (χ2v) is 6.92. The van der Waals surface area contributed by atoms with Crippen molar-refractivity contribution in [3.63, 3.8) is 0 Å². The van der Waals surface area contributed by atoms with Crippen LogP contribution in [0.25, 0.3) is 0 Å². The normalized spacial score (nSPS) is 10.6. The minimum Gasteiger partial charge on any atom is -0.434 e.